The zero-order chi connectivity index (χ0) is 12.6. The molecule has 1 unspecified atom stereocenters. The lowest BCUT2D eigenvalue weighted by Crippen LogP contribution is -2.34. The largest absolute Gasteiger partial charge is 0.463 e. The quantitative estimate of drug-likeness (QED) is 0.620. The highest BCUT2D eigenvalue weighted by Gasteiger charge is 2.63. The van der Waals surface area contributed by atoms with Crippen LogP contribution in [0.15, 0.2) is 4.52 Å². The van der Waals surface area contributed by atoms with Gasteiger partial charge >= 0.3 is 18.0 Å². The monoisotopic (exact) mass is 264 g/mol. The summed E-state index contributed by atoms with van der Waals surface area (Å²) in [5, 5.41) is 2.11. The Morgan fingerprint density at radius 2 is 1.88 bits per heavy atom. The van der Waals surface area contributed by atoms with E-state index in [1.54, 1.807) is 6.92 Å². The van der Waals surface area contributed by atoms with Crippen molar-refractivity contribution < 1.29 is 26.5 Å². The molecule has 0 aliphatic heterocycles. The second kappa shape index (κ2) is 4.15. The van der Waals surface area contributed by atoms with E-state index in [4.69, 9.17) is 11.6 Å². The van der Waals surface area contributed by atoms with Crippen LogP contribution >= 0.6 is 11.6 Å². The fourth-order valence-electron chi connectivity index (χ4n) is 0.793. The van der Waals surface area contributed by atoms with Gasteiger partial charge in [0, 0.05) is 0 Å². The van der Waals surface area contributed by atoms with Gasteiger partial charge in [-0.3, -0.25) is 0 Å². The Labute approximate surface area is 91.6 Å². The number of rotatable bonds is 3. The molecule has 0 aliphatic rings. The number of aromatic nitrogens is 2. The molecule has 0 amide bonds. The van der Waals surface area contributed by atoms with Gasteiger partial charge in [0.25, 0.3) is 0 Å². The molecule has 1 rings (SSSR count). The molecular weight excluding hydrogens is 259 g/mol. The van der Waals surface area contributed by atoms with Crippen molar-refractivity contribution >= 4 is 11.6 Å². The molecule has 0 N–H and O–H groups in total. The minimum atomic E-state index is -5.77. The number of alkyl halides is 6. The van der Waals surface area contributed by atoms with Crippen LogP contribution in [0.5, 0.6) is 0 Å². The van der Waals surface area contributed by atoms with Crippen LogP contribution in [-0.4, -0.2) is 16.3 Å². The summed E-state index contributed by atoms with van der Waals surface area (Å²) in [4.78, 5) is 2.94. The van der Waals surface area contributed by atoms with Crippen molar-refractivity contribution in [2.75, 3.05) is 0 Å². The molecule has 9 heteroatoms. The van der Waals surface area contributed by atoms with E-state index in [-0.39, 0.29) is 12.2 Å². The number of hydrogen-bond donors (Lipinski definition) is 0. The molecule has 92 valence electrons. The lowest BCUT2D eigenvalue weighted by atomic mass is 10.3. The first-order valence-corrected chi connectivity index (χ1v) is 4.56. The Hall–Kier alpha value is -0.920. The Morgan fingerprint density at radius 3 is 2.31 bits per heavy atom. The third kappa shape index (κ3) is 2.26. The molecule has 0 fully saturated rings. The third-order valence-corrected chi connectivity index (χ3v) is 2.21. The molecule has 0 aliphatic carbocycles. The van der Waals surface area contributed by atoms with E-state index in [0.29, 0.717) is 0 Å². The summed E-state index contributed by atoms with van der Waals surface area (Å²) in [5.74, 6) is -7.35. The van der Waals surface area contributed by atoms with Gasteiger partial charge in [-0.2, -0.15) is 26.9 Å². The smallest absolute Gasteiger partial charge is 0.332 e. The van der Waals surface area contributed by atoms with Gasteiger partial charge in [-0.25, -0.2) is 0 Å². The summed E-state index contributed by atoms with van der Waals surface area (Å²) in [5.41, 5.74) is 0. The molecule has 16 heavy (non-hydrogen) atoms. The number of halogens is 6. The van der Waals surface area contributed by atoms with Crippen LogP contribution in [0, 0.1) is 0 Å². The van der Waals surface area contributed by atoms with Crippen LogP contribution in [0.3, 0.4) is 0 Å². The summed E-state index contributed by atoms with van der Waals surface area (Å²) >= 11 is 5.56. The molecule has 0 radical (unpaired) electrons. The van der Waals surface area contributed by atoms with Gasteiger partial charge in [0.15, 0.2) is 5.82 Å². The Morgan fingerprint density at radius 1 is 1.31 bits per heavy atom. The molecule has 1 aromatic rings. The van der Waals surface area contributed by atoms with E-state index in [1.165, 1.54) is 0 Å². The average Bonchev–Trinajstić information content (AvgIpc) is 2.64. The second-order valence-corrected chi connectivity index (χ2v) is 3.43. The molecule has 0 saturated carbocycles. The van der Waals surface area contributed by atoms with Gasteiger partial charge in [-0.1, -0.05) is 12.1 Å². The van der Waals surface area contributed by atoms with Crippen LogP contribution in [0.4, 0.5) is 22.0 Å². The molecule has 0 aromatic carbocycles. The zero-order valence-corrected chi connectivity index (χ0v) is 8.61. The van der Waals surface area contributed by atoms with Crippen LogP contribution in [0.25, 0.3) is 0 Å². The number of nitrogens with zero attached hydrogens (tertiary/aromatic N) is 2. The van der Waals surface area contributed by atoms with Gasteiger partial charge in [0.1, 0.15) is 0 Å². The summed E-state index contributed by atoms with van der Waals surface area (Å²) in [6.45, 7) is 1.59. The van der Waals surface area contributed by atoms with Crippen molar-refractivity contribution in [2.24, 2.45) is 0 Å². The summed E-state index contributed by atoms with van der Waals surface area (Å²) in [6.07, 6.45) is -5.50. The van der Waals surface area contributed by atoms with Crippen molar-refractivity contribution in [1.82, 2.24) is 10.1 Å². The zero-order valence-electron chi connectivity index (χ0n) is 7.85. The maximum Gasteiger partial charge on any atom is 0.463 e. The fraction of sp³-hybridized carbons (Fsp3) is 0.714. The molecular formula is C7H6ClF5N2O. The third-order valence-electron chi connectivity index (χ3n) is 1.70. The highest BCUT2D eigenvalue weighted by molar-refractivity contribution is 6.20. The van der Waals surface area contributed by atoms with Gasteiger partial charge in [0.2, 0.25) is 0 Å². The first-order chi connectivity index (χ1) is 7.20. The minimum absolute atomic E-state index is 0.276. The Kier molecular flexibility index (Phi) is 3.41. The van der Waals surface area contributed by atoms with Crippen LogP contribution in [0.2, 0.25) is 0 Å². The molecule has 0 saturated heterocycles. The van der Waals surface area contributed by atoms with Crippen molar-refractivity contribution in [3.8, 4) is 0 Å². The SMILES string of the molecule is CCC(Cl)c1noc(C(F)(F)C(F)(F)F)n1. The molecule has 3 nitrogen and oxygen atoms in total. The maximum absolute atomic E-state index is 12.7. The molecule has 0 bridgehead atoms. The van der Waals surface area contributed by atoms with Crippen molar-refractivity contribution in [3.05, 3.63) is 11.7 Å². The van der Waals surface area contributed by atoms with E-state index in [0.717, 1.165) is 0 Å². The topological polar surface area (TPSA) is 38.9 Å². The molecule has 1 aromatic heterocycles. The van der Waals surface area contributed by atoms with E-state index in [2.05, 4.69) is 14.7 Å². The predicted molar refractivity (Wildman–Crippen MR) is 43.1 cm³/mol. The second-order valence-electron chi connectivity index (χ2n) is 2.91. The normalized spacial score (nSPS) is 15.2. The summed E-state index contributed by atoms with van der Waals surface area (Å²) in [6, 6.07) is 0. The van der Waals surface area contributed by atoms with E-state index >= 15 is 0 Å². The first-order valence-electron chi connectivity index (χ1n) is 4.12. The van der Waals surface area contributed by atoms with Gasteiger partial charge < -0.3 is 4.52 Å². The van der Waals surface area contributed by atoms with E-state index in [9.17, 15) is 22.0 Å². The van der Waals surface area contributed by atoms with Crippen LogP contribution in [0.1, 0.15) is 30.4 Å². The van der Waals surface area contributed by atoms with Crippen LogP contribution < -0.4 is 0 Å². The highest BCUT2D eigenvalue weighted by atomic mass is 35.5. The van der Waals surface area contributed by atoms with Crippen molar-refractivity contribution in [1.29, 1.82) is 0 Å². The molecule has 0 spiro atoms. The van der Waals surface area contributed by atoms with Crippen molar-refractivity contribution in [3.63, 3.8) is 0 Å². The standard InChI is InChI=1S/C7H6ClF5N2O/c1-2-3(8)4-14-5(16-15-4)6(9,10)7(11,12)13/h3H,2H2,1H3. The lowest BCUT2D eigenvalue weighted by molar-refractivity contribution is -0.298. The number of hydrogen-bond acceptors (Lipinski definition) is 3. The van der Waals surface area contributed by atoms with E-state index in [1.807, 2.05) is 0 Å². The minimum Gasteiger partial charge on any atom is -0.332 e. The first kappa shape index (κ1) is 13.1. The van der Waals surface area contributed by atoms with Crippen LogP contribution in [-0.2, 0) is 5.92 Å². The van der Waals surface area contributed by atoms with Crippen molar-refractivity contribution in [2.45, 2.75) is 30.8 Å². The predicted octanol–water partition coefficient (Wildman–Crippen LogP) is 3.41. The summed E-state index contributed by atoms with van der Waals surface area (Å²) < 4.78 is 64.9. The molecule has 1 atom stereocenters. The highest BCUT2D eigenvalue weighted by Crippen LogP contribution is 2.43. The fourth-order valence-corrected chi connectivity index (χ4v) is 0.882. The van der Waals surface area contributed by atoms with Gasteiger partial charge in [-0.15, -0.1) is 11.6 Å². The summed E-state index contributed by atoms with van der Waals surface area (Å²) in [7, 11) is 0. The van der Waals surface area contributed by atoms with E-state index < -0.39 is 23.4 Å². The maximum atomic E-state index is 12.7. The lowest BCUT2D eigenvalue weighted by Gasteiger charge is -2.14. The average molecular weight is 265 g/mol. The van der Waals surface area contributed by atoms with Gasteiger partial charge in [0.05, 0.1) is 5.38 Å². The Balaban J connectivity index is 3.02. The Bertz CT molecular complexity index is 364. The molecule has 1 heterocycles. The van der Waals surface area contributed by atoms with Gasteiger partial charge in [-0.05, 0) is 6.42 Å².